The summed E-state index contributed by atoms with van der Waals surface area (Å²) < 4.78 is 45.6. The number of anilines is 2. The second kappa shape index (κ2) is 9.24. The van der Waals surface area contributed by atoms with Crippen molar-refractivity contribution in [1.29, 1.82) is 0 Å². The molecule has 3 aromatic heterocycles. The number of aromatic nitrogens is 4. The standard InChI is InChI=1S/C27H23FN6O4S/c1-32-15-19(13-30-32)24-12-22-25(31-20-8-7-17-9-10-33(27(35)36)16-18(17)11-20)23(28)14-29-26(22)34(24)39(37,38)21-5-3-2-4-6-21/h2-8,11-15H,9-10,16H2,1H3,(H,29,31)(H,35,36). The van der Waals surface area contributed by atoms with Crippen LogP contribution in [-0.4, -0.2) is 49.8 Å². The van der Waals surface area contributed by atoms with E-state index in [2.05, 4.69) is 15.4 Å². The molecule has 0 saturated heterocycles. The molecule has 39 heavy (non-hydrogen) atoms. The van der Waals surface area contributed by atoms with Gasteiger partial charge in [0.25, 0.3) is 10.0 Å². The van der Waals surface area contributed by atoms with E-state index in [0.717, 1.165) is 21.3 Å². The van der Waals surface area contributed by atoms with Gasteiger partial charge in [0.2, 0.25) is 0 Å². The summed E-state index contributed by atoms with van der Waals surface area (Å²) >= 11 is 0. The largest absolute Gasteiger partial charge is 0.465 e. The zero-order valence-corrected chi connectivity index (χ0v) is 21.6. The predicted octanol–water partition coefficient (Wildman–Crippen LogP) is 4.59. The first kappa shape index (κ1) is 24.6. The molecule has 2 N–H and O–H groups in total. The second-order valence-corrected chi connectivity index (χ2v) is 11.1. The number of nitrogens with one attached hydrogen (secondary N) is 1. The van der Waals surface area contributed by atoms with Gasteiger partial charge in [-0.25, -0.2) is 26.6 Å². The summed E-state index contributed by atoms with van der Waals surface area (Å²) in [5.74, 6) is -0.667. The van der Waals surface area contributed by atoms with Crippen molar-refractivity contribution in [3.8, 4) is 11.3 Å². The van der Waals surface area contributed by atoms with Gasteiger partial charge in [-0.1, -0.05) is 24.3 Å². The van der Waals surface area contributed by atoms with E-state index in [1.165, 1.54) is 23.2 Å². The van der Waals surface area contributed by atoms with Crippen LogP contribution in [0.15, 0.2) is 78.1 Å². The van der Waals surface area contributed by atoms with Crippen molar-refractivity contribution < 1.29 is 22.7 Å². The van der Waals surface area contributed by atoms with Gasteiger partial charge in [-0.05, 0) is 47.9 Å². The third-order valence-corrected chi connectivity index (χ3v) is 8.50. The van der Waals surface area contributed by atoms with Crippen LogP contribution in [0.1, 0.15) is 11.1 Å². The number of hydrogen-bond donors (Lipinski definition) is 2. The van der Waals surface area contributed by atoms with Crippen molar-refractivity contribution in [2.45, 2.75) is 17.9 Å². The van der Waals surface area contributed by atoms with Crippen LogP contribution in [0.4, 0.5) is 20.6 Å². The van der Waals surface area contributed by atoms with Crippen LogP contribution >= 0.6 is 0 Å². The Hall–Kier alpha value is -4.71. The fraction of sp³-hybridized carbons (Fsp3) is 0.148. The maximum absolute atomic E-state index is 15.3. The maximum Gasteiger partial charge on any atom is 0.407 e. The van der Waals surface area contributed by atoms with E-state index in [-0.39, 0.29) is 33.9 Å². The van der Waals surface area contributed by atoms with Crippen molar-refractivity contribution in [3.05, 3.63) is 90.1 Å². The van der Waals surface area contributed by atoms with E-state index >= 15 is 4.39 Å². The van der Waals surface area contributed by atoms with Crippen LogP contribution in [0.3, 0.4) is 0 Å². The minimum Gasteiger partial charge on any atom is -0.465 e. The highest BCUT2D eigenvalue weighted by Gasteiger charge is 2.28. The number of carbonyl (C=O) groups is 1. The van der Waals surface area contributed by atoms with Crippen molar-refractivity contribution in [2.24, 2.45) is 7.05 Å². The summed E-state index contributed by atoms with van der Waals surface area (Å²) in [7, 11) is -2.40. The summed E-state index contributed by atoms with van der Waals surface area (Å²) in [5, 5.41) is 16.9. The van der Waals surface area contributed by atoms with Crippen LogP contribution in [0.5, 0.6) is 0 Å². The van der Waals surface area contributed by atoms with Crippen molar-refractivity contribution >= 4 is 38.5 Å². The molecule has 5 aromatic rings. The number of carboxylic acid groups (broad SMARTS) is 1. The first-order valence-corrected chi connectivity index (χ1v) is 13.5. The smallest absolute Gasteiger partial charge is 0.407 e. The molecule has 6 rings (SSSR count). The van der Waals surface area contributed by atoms with E-state index in [0.29, 0.717) is 24.2 Å². The number of pyridine rings is 1. The van der Waals surface area contributed by atoms with Gasteiger partial charge < -0.3 is 15.3 Å². The average Bonchev–Trinajstić information content (AvgIpc) is 3.54. The van der Waals surface area contributed by atoms with Gasteiger partial charge in [0, 0.05) is 43.0 Å². The first-order chi connectivity index (χ1) is 18.7. The van der Waals surface area contributed by atoms with Gasteiger partial charge in [-0.15, -0.1) is 0 Å². The van der Waals surface area contributed by atoms with E-state index in [1.54, 1.807) is 54.3 Å². The highest BCUT2D eigenvalue weighted by Crippen LogP contribution is 2.37. The lowest BCUT2D eigenvalue weighted by Crippen LogP contribution is -2.34. The van der Waals surface area contributed by atoms with Crippen LogP contribution in [0, 0.1) is 5.82 Å². The lowest BCUT2D eigenvalue weighted by molar-refractivity contribution is 0.140. The molecule has 0 radical (unpaired) electrons. The van der Waals surface area contributed by atoms with Crippen LogP contribution in [0.2, 0.25) is 0 Å². The molecule has 0 spiro atoms. The Labute approximate surface area is 223 Å². The van der Waals surface area contributed by atoms with Crippen molar-refractivity contribution in [2.75, 3.05) is 11.9 Å². The number of aryl methyl sites for hydroxylation is 1. The number of rotatable bonds is 5. The molecule has 0 fully saturated rings. The van der Waals surface area contributed by atoms with Crippen LogP contribution in [-0.2, 0) is 30.0 Å². The molecule has 1 aliphatic rings. The van der Waals surface area contributed by atoms with Gasteiger partial charge in [-0.2, -0.15) is 5.10 Å². The number of hydrogen-bond acceptors (Lipinski definition) is 6. The minimum absolute atomic E-state index is 0.0524. The molecule has 0 bridgehead atoms. The van der Waals surface area contributed by atoms with Gasteiger partial charge in [0.1, 0.15) is 0 Å². The van der Waals surface area contributed by atoms with E-state index in [1.807, 2.05) is 6.07 Å². The molecule has 198 valence electrons. The molecular weight excluding hydrogens is 523 g/mol. The third kappa shape index (κ3) is 4.28. The van der Waals surface area contributed by atoms with Gasteiger partial charge in [0.05, 0.1) is 28.7 Å². The molecule has 10 nitrogen and oxygen atoms in total. The topological polar surface area (TPSA) is 122 Å². The van der Waals surface area contributed by atoms with Crippen LogP contribution < -0.4 is 5.32 Å². The SMILES string of the molecule is Cn1cc(-c2cc3c(Nc4ccc5c(c4)CN(C(=O)O)CC5)c(F)cnc3n2S(=O)(=O)c2ccccc2)cn1. The Morgan fingerprint density at radius 3 is 2.59 bits per heavy atom. The Morgan fingerprint density at radius 1 is 1.08 bits per heavy atom. The summed E-state index contributed by atoms with van der Waals surface area (Å²) in [6.45, 7) is 0.639. The first-order valence-electron chi connectivity index (χ1n) is 12.1. The van der Waals surface area contributed by atoms with E-state index in [4.69, 9.17) is 0 Å². The molecule has 0 unspecified atom stereocenters. The monoisotopic (exact) mass is 546 g/mol. The highest BCUT2D eigenvalue weighted by atomic mass is 32.2. The molecule has 1 aliphatic heterocycles. The number of nitrogens with zero attached hydrogens (tertiary/aromatic N) is 5. The molecule has 0 saturated carbocycles. The maximum atomic E-state index is 15.3. The summed E-state index contributed by atoms with van der Waals surface area (Å²) in [4.78, 5) is 17.0. The summed E-state index contributed by atoms with van der Waals surface area (Å²) in [6.07, 6.45) is 3.78. The number of amides is 1. The summed E-state index contributed by atoms with van der Waals surface area (Å²) in [5.41, 5.74) is 3.29. The number of halogens is 1. The normalized spacial score (nSPS) is 13.4. The zero-order valence-electron chi connectivity index (χ0n) is 20.7. The number of benzene rings is 2. The summed E-state index contributed by atoms with van der Waals surface area (Å²) in [6, 6.07) is 15.0. The lowest BCUT2D eigenvalue weighted by atomic mass is 9.99. The quantitative estimate of drug-likeness (QED) is 0.331. The van der Waals surface area contributed by atoms with Crippen molar-refractivity contribution in [1.82, 2.24) is 23.6 Å². The second-order valence-electron chi connectivity index (χ2n) is 9.30. The molecular formula is C27H23FN6O4S. The Balaban J connectivity index is 1.51. The molecule has 0 atom stereocenters. The molecule has 2 aromatic carbocycles. The highest BCUT2D eigenvalue weighted by molar-refractivity contribution is 7.90. The lowest BCUT2D eigenvalue weighted by Gasteiger charge is -2.26. The Morgan fingerprint density at radius 2 is 1.87 bits per heavy atom. The van der Waals surface area contributed by atoms with Crippen molar-refractivity contribution in [3.63, 3.8) is 0 Å². The zero-order chi connectivity index (χ0) is 27.3. The third-order valence-electron chi connectivity index (χ3n) is 6.78. The van der Waals surface area contributed by atoms with E-state index < -0.39 is 21.9 Å². The Kier molecular flexibility index (Phi) is 5.83. The fourth-order valence-electron chi connectivity index (χ4n) is 4.87. The molecule has 12 heteroatoms. The average molecular weight is 547 g/mol. The minimum atomic E-state index is -4.11. The molecule has 0 aliphatic carbocycles. The Bertz CT molecular complexity index is 1850. The van der Waals surface area contributed by atoms with Gasteiger partial charge in [0.15, 0.2) is 11.5 Å². The predicted molar refractivity (Wildman–Crippen MR) is 143 cm³/mol. The van der Waals surface area contributed by atoms with E-state index in [9.17, 15) is 18.3 Å². The van der Waals surface area contributed by atoms with Gasteiger partial charge in [-0.3, -0.25) is 4.68 Å². The van der Waals surface area contributed by atoms with Gasteiger partial charge >= 0.3 is 6.09 Å². The molecule has 1 amide bonds. The van der Waals surface area contributed by atoms with Crippen LogP contribution in [0.25, 0.3) is 22.3 Å². The fourth-order valence-corrected chi connectivity index (χ4v) is 6.37. The molecule has 4 heterocycles. The number of fused-ring (bicyclic) bond motifs is 2.